The molecule has 0 aliphatic heterocycles. The average molecular weight is 273 g/mol. The summed E-state index contributed by atoms with van der Waals surface area (Å²) in [6.07, 6.45) is 0. The van der Waals surface area contributed by atoms with Gasteiger partial charge in [0.05, 0.1) is 0 Å². The Kier molecular flexibility index (Phi) is 3.79. The topological polar surface area (TPSA) is 29.1 Å². The normalized spacial score (nSPS) is 10.1. The molecule has 21 heavy (non-hydrogen) atoms. The lowest BCUT2D eigenvalue weighted by Gasteiger charge is -2.08. The molecule has 0 aliphatic carbocycles. The zero-order valence-electron chi connectivity index (χ0n) is 11.5. The second-order valence-corrected chi connectivity index (χ2v) is 4.77. The maximum atomic E-state index is 12.2. The van der Waals surface area contributed by atoms with Crippen molar-refractivity contribution in [2.75, 3.05) is 5.32 Å². The van der Waals surface area contributed by atoms with Crippen LogP contribution in [0.15, 0.2) is 84.9 Å². The minimum absolute atomic E-state index is 0.0965. The second kappa shape index (κ2) is 6.06. The molecule has 0 heterocycles. The van der Waals surface area contributed by atoms with Crippen LogP contribution in [0.5, 0.6) is 0 Å². The minimum atomic E-state index is -0.0965. The smallest absolute Gasteiger partial charge is 0.255 e. The lowest BCUT2D eigenvalue weighted by Crippen LogP contribution is -2.11. The van der Waals surface area contributed by atoms with Crippen molar-refractivity contribution in [2.45, 2.75) is 0 Å². The Bertz CT molecular complexity index is 736. The summed E-state index contributed by atoms with van der Waals surface area (Å²) >= 11 is 0. The first-order chi connectivity index (χ1) is 10.3. The molecule has 3 aromatic carbocycles. The van der Waals surface area contributed by atoms with Crippen molar-refractivity contribution in [3.8, 4) is 11.1 Å². The summed E-state index contributed by atoms with van der Waals surface area (Å²) in [6.45, 7) is 0. The third-order valence-electron chi connectivity index (χ3n) is 3.26. The summed E-state index contributed by atoms with van der Waals surface area (Å²) in [5.74, 6) is -0.0965. The Balaban J connectivity index is 1.83. The standard InChI is InChI=1S/C19H15NO/c21-19(16-10-5-2-6-11-16)20-18-13-7-12-17(14-18)15-8-3-1-4-9-15/h1-14H,(H,20,21). The van der Waals surface area contributed by atoms with Crippen LogP contribution in [0.25, 0.3) is 11.1 Å². The van der Waals surface area contributed by atoms with Crippen LogP contribution in [0.2, 0.25) is 0 Å². The molecule has 3 aromatic rings. The zero-order valence-corrected chi connectivity index (χ0v) is 11.5. The van der Waals surface area contributed by atoms with Gasteiger partial charge in [-0.1, -0.05) is 60.7 Å². The van der Waals surface area contributed by atoms with E-state index in [1.807, 2.05) is 60.7 Å². The minimum Gasteiger partial charge on any atom is -0.322 e. The van der Waals surface area contributed by atoms with Crippen molar-refractivity contribution < 1.29 is 4.79 Å². The quantitative estimate of drug-likeness (QED) is 0.742. The number of hydrogen-bond donors (Lipinski definition) is 1. The van der Waals surface area contributed by atoms with Gasteiger partial charge in [0.1, 0.15) is 0 Å². The van der Waals surface area contributed by atoms with Crippen molar-refractivity contribution in [3.63, 3.8) is 0 Å². The Labute approximate surface area is 124 Å². The van der Waals surface area contributed by atoms with E-state index in [1.165, 1.54) is 0 Å². The molecule has 3 rings (SSSR count). The number of rotatable bonds is 3. The second-order valence-electron chi connectivity index (χ2n) is 4.77. The van der Waals surface area contributed by atoms with E-state index in [2.05, 4.69) is 17.4 Å². The molecule has 2 nitrogen and oxygen atoms in total. The van der Waals surface area contributed by atoms with Crippen molar-refractivity contribution >= 4 is 11.6 Å². The van der Waals surface area contributed by atoms with E-state index in [0.29, 0.717) is 5.56 Å². The van der Waals surface area contributed by atoms with Gasteiger partial charge in [-0.3, -0.25) is 4.79 Å². The number of hydrogen-bond acceptors (Lipinski definition) is 1. The van der Waals surface area contributed by atoms with Crippen LogP contribution in [0.1, 0.15) is 10.4 Å². The molecule has 0 atom stereocenters. The Hall–Kier alpha value is -2.87. The van der Waals surface area contributed by atoms with Gasteiger partial charge in [0.25, 0.3) is 5.91 Å². The highest BCUT2D eigenvalue weighted by atomic mass is 16.1. The van der Waals surface area contributed by atoms with Crippen LogP contribution in [-0.2, 0) is 0 Å². The molecule has 0 saturated carbocycles. The molecule has 2 heteroatoms. The summed E-state index contributed by atoms with van der Waals surface area (Å²) < 4.78 is 0. The van der Waals surface area contributed by atoms with E-state index in [-0.39, 0.29) is 5.91 Å². The molecular weight excluding hydrogens is 258 g/mol. The highest BCUT2D eigenvalue weighted by molar-refractivity contribution is 6.04. The summed E-state index contributed by atoms with van der Waals surface area (Å²) in [7, 11) is 0. The summed E-state index contributed by atoms with van der Waals surface area (Å²) in [5.41, 5.74) is 3.67. The lowest BCUT2D eigenvalue weighted by atomic mass is 10.1. The van der Waals surface area contributed by atoms with Crippen molar-refractivity contribution in [1.29, 1.82) is 0 Å². The summed E-state index contributed by atoms with van der Waals surface area (Å²) in [4.78, 5) is 12.2. The number of carbonyl (C=O) groups is 1. The van der Waals surface area contributed by atoms with Gasteiger partial charge in [-0.05, 0) is 35.4 Å². The van der Waals surface area contributed by atoms with E-state index in [9.17, 15) is 4.79 Å². The van der Waals surface area contributed by atoms with E-state index < -0.39 is 0 Å². The highest BCUT2D eigenvalue weighted by Crippen LogP contribution is 2.22. The maximum Gasteiger partial charge on any atom is 0.255 e. The molecule has 0 fully saturated rings. The van der Waals surface area contributed by atoms with Gasteiger partial charge in [0.2, 0.25) is 0 Å². The third-order valence-corrected chi connectivity index (χ3v) is 3.26. The first-order valence-corrected chi connectivity index (χ1v) is 6.85. The zero-order chi connectivity index (χ0) is 14.5. The van der Waals surface area contributed by atoms with Gasteiger partial charge >= 0.3 is 0 Å². The van der Waals surface area contributed by atoms with E-state index in [4.69, 9.17) is 0 Å². The lowest BCUT2D eigenvalue weighted by molar-refractivity contribution is 0.102. The van der Waals surface area contributed by atoms with Gasteiger partial charge < -0.3 is 5.32 Å². The molecule has 0 saturated heterocycles. The molecule has 1 amide bonds. The first-order valence-electron chi connectivity index (χ1n) is 6.85. The van der Waals surface area contributed by atoms with Crippen LogP contribution in [-0.4, -0.2) is 5.91 Å². The fourth-order valence-corrected chi connectivity index (χ4v) is 2.20. The van der Waals surface area contributed by atoms with Crippen LogP contribution in [0.4, 0.5) is 5.69 Å². The van der Waals surface area contributed by atoms with Crippen LogP contribution in [0, 0.1) is 0 Å². The molecule has 0 bridgehead atoms. The molecular formula is C19H15NO. The third kappa shape index (κ3) is 3.18. The van der Waals surface area contributed by atoms with Gasteiger partial charge in [-0.25, -0.2) is 0 Å². The fourth-order valence-electron chi connectivity index (χ4n) is 2.20. The molecule has 0 radical (unpaired) electrons. The van der Waals surface area contributed by atoms with Crippen LogP contribution >= 0.6 is 0 Å². The van der Waals surface area contributed by atoms with Gasteiger partial charge in [-0.2, -0.15) is 0 Å². The number of carbonyl (C=O) groups excluding carboxylic acids is 1. The number of benzene rings is 3. The Morgan fingerprint density at radius 1 is 0.667 bits per heavy atom. The van der Waals surface area contributed by atoms with Crippen molar-refractivity contribution in [1.82, 2.24) is 0 Å². The molecule has 0 spiro atoms. The monoisotopic (exact) mass is 273 g/mol. The Morgan fingerprint density at radius 3 is 2.00 bits per heavy atom. The molecule has 0 unspecified atom stereocenters. The van der Waals surface area contributed by atoms with Gasteiger partial charge in [0.15, 0.2) is 0 Å². The van der Waals surface area contributed by atoms with Crippen molar-refractivity contribution in [2.24, 2.45) is 0 Å². The van der Waals surface area contributed by atoms with E-state index >= 15 is 0 Å². The maximum absolute atomic E-state index is 12.2. The SMILES string of the molecule is O=C(Nc1cccc(-c2ccccc2)c1)c1ccccc1. The van der Waals surface area contributed by atoms with Crippen LogP contribution < -0.4 is 5.32 Å². The van der Waals surface area contributed by atoms with E-state index in [0.717, 1.165) is 16.8 Å². The van der Waals surface area contributed by atoms with Crippen LogP contribution in [0.3, 0.4) is 0 Å². The van der Waals surface area contributed by atoms with Gasteiger partial charge in [-0.15, -0.1) is 0 Å². The predicted octanol–water partition coefficient (Wildman–Crippen LogP) is 4.61. The Morgan fingerprint density at radius 2 is 1.29 bits per heavy atom. The van der Waals surface area contributed by atoms with Gasteiger partial charge in [0, 0.05) is 11.3 Å². The number of anilines is 1. The largest absolute Gasteiger partial charge is 0.322 e. The number of nitrogens with one attached hydrogen (secondary N) is 1. The molecule has 0 aliphatic rings. The van der Waals surface area contributed by atoms with Crippen molar-refractivity contribution in [3.05, 3.63) is 90.5 Å². The molecule has 0 aromatic heterocycles. The number of amides is 1. The highest BCUT2D eigenvalue weighted by Gasteiger charge is 2.05. The summed E-state index contributed by atoms with van der Waals surface area (Å²) in [6, 6.07) is 27.2. The molecule has 1 N–H and O–H groups in total. The summed E-state index contributed by atoms with van der Waals surface area (Å²) in [5, 5.41) is 2.93. The molecule has 102 valence electrons. The predicted molar refractivity (Wildman–Crippen MR) is 86.3 cm³/mol. The fraction of sp³-hybridized carbons (Fsp3) is 0. The van der Waals surface area contributed by atoms with E-state index in [1.54, 1.807) is 12.1 Å². The first kappa shape index (κ1) is 13.1. The average Bonchev–Trinajstić information content (AvgIpc) is 2.57.